The molecule has 0 aliphatic carbocycles. The highest BCUT2D eigenvalue weighted by molar-refractivity contribution is 7.56. The molecule has 2 rings (SSSR count). The SMILES string of the molecule is [CH]C1(C)COP(=O)(OC(C)P2(=O)OCC(C)(C)CO2)OC1. The summed E-state index contributed by atoms with van der Waals surface area (Å²) < 4.78 is 50.9. The molecule has 2 fully saturated rings. The Bertz CT molecular complexity index is 460. The highest BCUT2D eigenvalue weighted by Crippen LogP contribution is 2.64. The predicted molar refractivity (Wildman–Crippen MR) is 75.8 cm³/mol. The Morgan fingerprint density at radius 2 is 1.48 bits per heavy atom. The summed E-state index contributed by atoms with van der Waals surface area (Å²) in [5.74, 6) is -1.05. The smallest absolute Gasteiger partial charge is 0.306 e. The number of rotatable bonds is 3. The lowest BCUT2D eigenvalue weighted by atomic mass is 9.97. The average Bonchev–Trinajstić information content (AvgIpc) is 2.38. The minimum Gasteiger partial charge on any atom is -0.306 e. The van der Waals surface area contributed by atoms with Crippen molar-refractivity contribution >= 4 is 15.4 Å². The van der Waals surface area contributed by atoms with Crippen molar-refractivity contribution in [3.63, 3.8) is 0 Å². The van der Waals surface area contributed by atoms with Gasteiger partial charge in [-0.05, 0) is 13.8 Å². The standard InChI is InChI=1S/C12H22O7P2/c1-10(20(13)15-6-11(2,3)7-16-20)19-21(14)17-8-12(4,5)9-18-21/h4,10H,6-9H2,1-3,5H3. The molecule has 0 bridgehead atoms. The molecule has 7 nitrogen and oxygen atoms in total. The number of hydrogen-bond acceptors (Lipinski definition) is 7. The van der Waals surface area contributed by atoms with Crippen LogP contribution in [-0.2, 0) is 31.7 Å². The highest BCUT2D eigenvalue weighted by Gasteiger charge is 2.47. The van der Waals surface area contributed by atoms with Gasteiger partial charge in [0.2, 0.25) is 0 Å². The van der Waals surface area contributed by atoms with Gasteiger partial charge in [-0.1, -0.05) is 20.8 Å². The first-order valence-corrected chi connectivity index (χ1v) is 9.78. The van der Waals surface area contributed by atoms with Gasteiger partial charge in [-0.15, -0.1) is 0 Å². The topological polar surface area (TPSA) is 80.3 Å². The maximum absolute atomic E-state index is 12.5. The largest absolute Gasteiger partial charge is 0.475 e. The minimum atomic E-state index is -3.80. The molecule has 1 atom stereocenters. The summed E-state index contributed by atoms with van der Waals surface area (Å²) >= 11 is 0. The summed E-state index contributed by atoms with van der Waals surface area (Å²) in [6.45, 7) is 13.4. The summed E-state index contributed by atoms with van der Waals surface area (Å²) in [6, 6.07) is 0. The van der Waals surface area contributed by atoms with E-state index in [0.717, 1.165) is 0 Å². The van der Waals surface area contributed by atoms with Gasteiger partial charge in [-0.25, -0.2) is 4.57 Å². The van der Waals surface area contributed by atoms with Crippen LogP contribution in [0.4, 0.5) is 0 Å². The first-order valence-electron chi connectivity index (χ1n) is 6.71. The van der Waals surface area contributed by atoms with Crippen molar-refractivity contribution in [3.8, 4) is 0 Å². The molecule has 0 saturated carbocycles. The maximum atomic E-state index is 12.5. The normalized spacial score (nSPS) is 31.5. The zero-order valence-electron chi connectivity index (χ0n) is 12.7. The molecule has 0 N–H and O–H groups in total. The van der Waals surface area contributed by atoms with Gasteiger partial charge in [0, 0.05) is 10.8 Å². The fraction of sp³-hybridized carbons (Fsp3) is 0.917. The fourth-order valence-corrected chi connectivity index (χ4v) is 5.49. The minimum absolute atomic E-state index is 0.0239. The van der Waals surface area contributed by atoms with E-state index in [1.54, 1.807) is 6.92 Å². The zero-order valence-corrected chi connectivity index (χ0v) is 14.5. The van der Waals surface area contributed by atoms with E-state index in [0.29, 0.717) is 0 Å². The van der Waals surface area contributed by atoms with Crippen LogP contribution in [-0.4, -0.2) is 32.3 Å². The van der Waals surface area contributed by atoms with Gasteiger partial charge < -0.3 is 9.05 Å². The third-order valence-corrected chi connectivity index (χ3v) is 6.71. The molecule has 2 aliphatic rings. The second-order valence-corrected chi connectivity index (χ2v) is 10.5. The quantitative estimate of drug-likeness (QED) is 0.728. The van der Waals surface area contributed by atoms with E-state index in [2.05, 4.69) is 0 Å². The molecule has 9 heteroatoms. The van der Waals surface area contributed by atoms with E-state index >= 15 is 0 Å². The summed E-state index contributed by atoms with van der Waals surface area (Å²) in [5.41, 5.74) is -0.955. The van der Waals surface area contributed by atoms with Crippen LogP contribution in [0.1, 0.15) is 27.7 Å². The summed E-state index contributed by atoms with van der Waals surface area (Å²) in [6.07, 6.45) is 0. The van der Waals surface area contributed by atoms with Crippen LogP contribution in [0.15, 0.2) is 0 Å². The third-order valence-electron chi connectivity index (χ3n) is 3.10. The number of hydrogen-bond donors (Lipinski definition) is 0. The van der Waals surface area contributed by atoms with E-state index in [4.69, 9.17) is 29.5 Å². The van der Waals surface area contributed by atoms with Crippen LogP contribution in [0.3, 0.4) is 0 Å². The van der Waals surface area contributed by atoms with Gasteiger partial charge in [0.25, 0.3) is 0 Å². The Morgan fingerprint density at radius 1 is 1.00 bits per heavy atom. The monoisotopic (exact) mass is 340 g/mol. The van der Waals surface area contributed by atoms with Crippen molar-refractivity contribution in [2.75, 3.05) is 26.4 Å². The van der Waals surface area contributed by atoms with Crippen LogP contribution in [0.5, 0.6) is 0 Å². The second-order valence-electron chi connectivity index (χ2n) is 6.60. The number of phosphoric acid groups is 1. The molecule has 21 heavy (non-hydrogen) atoms. The van der Waals surface area contributed by atoms with E-state index in [9.17, 15) is 9.13 Å². The van der Waals surface area contributed by atoms with Crippen LogP contribution < -0.4 is 0 Å². The van der Waals surface area contributed by atoms with Gasteiger partial charge in [0.1, 0.15) is 0 Å². The lowest BCUT2D eigenvalue weighted by molar-refractivity contribution is -0.00508. The molecule has 1 unspecified atom stereocenters. The lowest BCUT2D eigenvalue weighted by Crippen LogP contribution is -2.33. The molecule has 0 amide bonds. The second kappa shape index (κ2) is 5.72. The predicted octanol–water partition coefficient (Wildman–Crippen LogP) is 3.49. The molecule has 2 radical (unpaired) electrons. The molecule has 122 valence electrons. The van der Waals surface area contributed by atoms with Crippen molar-refractivity contribution in [3.05, 3.63) is 6.92 Å². The zero-order chi connectivity index (χ0) is 15.9. The first-order chi connectivity index (χ1) is 9.46. The molecule has 0 aromatic rings. The Balaban J connectivity index is 1.97. The van der Waals surface area contributed by atoms with Gasteiger partial charge in [-0.3, -0.25) is 18.1 Å². The van der Waals surface area contributed by atoms with Crippen molar-refractivity contribution in [1.82, 2.24) is 0 Å². The van der Waals surface area contributed by atoms with Crippen molar-refractivity contribution in [2.45, 2.75) is 33.5 Å². The van der Waals surface area contributed by atoms with Crippen LogP contribution in [0.2, 0.25) is 0 Å². The first kappa shape index (κ1) is 17.6. The summed E-state index contributed by atoms with van der Waals surface area (Å²) in [4.78, 5) is 0. The molecular weight excluding hydrogens is 318 g/mol. The molecule has 2 aliphatic heterocycles. The molecule has 2 saturated heterocycles. The Labute approximate surface area is 125 Å². The lowest BCUT2D eigenvalue weighted by Gasteiger charge is -2.38. The molecule has 0 aromatic heterocycles. The van der Waals surface area contributed by atoms with Crippen molar-refractivity contribution in [1.29, 1.82) is 0 Å². The molecular formula is C12H22O7P2. The molecule has 0 aromatic carbocycles. The van der Waals surface area contributed by atoms with Crippen LogP contribution in [0.25, 0.3) is 0 Å². The third kappa shape index (κ3) is 4.38. The van der Waals surface area contributed by atoms with Gasteiger partial charge in [0.05, 0.1) is 26.4 Å². The van der Waals surface area contributed by atoms with Crippen molar-refractivity contribution < 1.29 is 31.7 Å². The van der Waals surface area contributed by atoms with E-state index in [1.807, 2.05) is 13.8 Å². The molecule has 0 spiro atoms. The van der Waals surface area contributed by atoms with Crippen LogP contribution >= 0.6 is 15.4 Å². The molecule has 2 heterocycles. The van der Waals surface area contributed by atoms with Crippen molar-refractivity contribution in [2.24, 2.45) is 10.8 Å². The maximum Gasteiger partial charge on any atom is 0.475 e. The summed E-state index contributed by atoms with van der Waals surface area (Å²) in [7, 11) is -7.31. The van der Waals surface area contributed by atoms with Crippen LogP contribution in [0, 0.1) is 17.8 Å². The Morgan fingerprint density at radius 3 is 1.95 bits per heavy atom. The highest BCUT2D eigenvalue weighted by atomic mass is 31.2. The summed E-state index contributed by atoms with van der Waals surface area (Å²) in [5, 5.41) is 0. The number of phosphoric ester groups is 1. The average molecular weight is 340 g/mol. The van der Waals surface area contributed by atoms with E-state index in [1.165, 1.54) is 6.92 Å². The van der Waals surface area contributed by atoms with E-state index < -0.39 is 26.7 Å². The van der Waals surface area contributed by atoms with Gasteiger partial charge in [-0.2, -0.15) is 0 Å². The van der Waals surface area contributed by atoms with Gasteiger partial charge in [0.15, 0.2) is 5.85 Å². The fourth-order valence-electron chi connectivity index (χ4n) is 1.66. The van der Waals surface area contributed by atoms with Gasteiger partial charge >= 0.3 is 15.4 Å². The van der Waals surface area contributed by atoms with E-state index in [-0.39, 0.29) is 31.8 Å². The Kier molecular flexibility index (Phi) is 4.79. The Hall–Kier alpha value is 0.260.